The molecule has 0 radical (unpaired) electrons. The smallest absolute Gasteiger partial charge is 0.405 e. The molecular formula is C34H43N5O10. The number of esters is 1. The Morgan fingerprint density at radius 1 is 0.857 bits per heavy atom. The quantitative estimate of drug-likeness (QED) is 0.156. The van der Waals surface area contributed by atoms with Crippen molar-refractivity contribution in [2.24, 2.45) is 11.8 Å². The number of ether oxygens (including phenoxy) is 1. The summed E-state index contributed by atoms with van der Waals surface area (Å²) in [6, 6.07) is 6.20. The Labute approximate surface area is 283 Å². The van der Waals surface area contributed by atoms with Crippen LogP contribution in [0.1, 0.15) is 38.8 Å². The van der Waals surface area contributed by atoms with Crippen LogP contribution in [0.25, 0.3) is 0 Å². The second-order valence-electron chi connectivity index (χ2n) is 12.4. The fourth-order valence-corrected chi connectivity index (χ4v) is 4.97. The second-order valence-corrected chi connectivity index (χ2v) is 12.4. The van der Waals surface area contributed by atoms with Crippen LogP contribution < -0.4 is 26.6 Å². The van der Waals surface area contributed by atoms with E-state index in [0.29, 0.717) is 11.1 Å². The van der Waals surface area contributed by atoms with Crippen LogP contribution in [-0.2, 0) is 41.6 Å². The van der Waals surface area contributed by atoms with Gasteiger partial charge in [-0.15, -0.1) is 0 Å². The molecule has 5 atom stereocenters. The van der Waals surface area contributed by atoms with Crippen LogP contribution in [0.4, 0.5) is 4.79 Å². The molecule has 1 aliphatic heterocycles. The highest BCUT2D eigenvalue weighted by Gasteiger charge is 2.33. The normalized spacial score (nSPS) is 20.4. The van der Waals surface area contributed by atoms with Gasteiger partial charge in [-0.2, -0.15) is 0 Å². The average molecular weight is 682 g/mol. The number of carbonyl (C=O) groups excluding carboxylic acids is 5. The molecule has 49 heavy (non-hydrogen) atoms. The van der Waals surface area contributed by atoms with Gasteiger partial charge in [0.25, 0.3) is 0 Å². The Bertz CT molecular complexity index is 1520. The van der Waals surface area contributed by atoms with Crippen LogP contribution in [0.3, 0.4) is 0 Å². The highest BCUT2D eigenvalue weighted by atomic mass is 16.5. The fourth-order valence-electron chi connectivity index (χ4n) is 4.97. The number of amides is 5. The van der Waals surface area contributed by atoms with Crippen LogP contribution in [0.2, 0.25) is 0 Å². The first kappa shape index (κ1) is 37.9. The molecule has 0 saturated heterocycles. The van der Waals surface area contributed by atoms with Gasteiger partial charge in [0.1, 0.15) is 42.3 Å². The van der Waals surface area contributed by atoms with Gasteiger partial charge < -0.3 is 46.6 Å². The zero-order valence-electron chi connectivity index (χ0n) is 27.6. The molecule has 2 aromatic carbocycles. The van der Waals surface area contributed by atoms with Crippen molar-refractivity contribution in [3.05, 3.63) is 71.8 Å². The summed E-state index contributed by atoms with van der Waals surface area (Å²) >= 11 is 0. The van der Waals surface area contributed by atoms with E-state index in [1.807, 2.05) is 0 Å². The lowest BCUT2D eigenvalue weighted by atomic mass is 10.0. The fraction of sp³-hybridized carbons (Fsp3) is 0.412. The average Bonchev–Trinajstić information content (AvgIpc) is 3.03. The Morgan fingerprint density at radius 3 is 2.00 bits per heavy atom. The summed E-state index contributed by atoms with van der Waals surface area (Å²) in [7, 11) is 0. The number of benzene rings is 2. The summed E-state index contributed by atoms with van der Waals surface area (Å²) in [5.74, 6) is -4.36. The summed E-state index contributed by atoms with van der Waals surface area (Å²) in [4.78, 5) is 77.6. The highest BCUT2D eigenvalue weighted by Crippen LogP contribution is 2.15. The molecule has 1 heterocycles. The summed E-state index contributed by atoms with van der Waals surface area (Å²) in [6.07, 6.45) is 0.881. The third kappa shape index (κ3) is 11.9. The first-order valence-corrected chi connectivity index (χ1v) is 15.7. The first-order valence-electron chi connectivity index (χ1n) is 15.7. The molecule has 15 nitrogen and oxygen atoms in total. The number of hydrogen-bond acceptors (Lipinski definition) is 9. The molecule has 0 bridgehead atoms. The third-order valence-electron chi connectivity index (χ3n) is 7.67. The van der Waals surface area contributed by atoms with Gasteiger partial charge in [0, 0.05) is 18.9 Å². The van der Waals surface area contributed by atoms with Crippen molar-refractivity contribution in [2.45, 2.75) is 70.7 Å². The molecule has 2 unspecified atom stereocenters. The van der Waals surface area contributed by atoms with E-state index >= 15 is 0 Å². The second kappa shape index (κ2) is 17.5. The summed E-state index contributed by atoms with van der Waals surface area (Å²) in [6.45, 7) is 6.33. The molecule has 0 saturated carbocycles. The van der Waals surface area contributed by atoms with Gasteiger partial charge >= 0.3 is 12.1 Å². The van der Waals surface area contributed by atoms with Crippen molar-refractivity contribution in [3.63, 3.8) is 0 Å². The number of phenolic OH excluding ortho intramolecular Hbond substituents is 2. The minimum atomic E-state index is -1.46. The first-order chi connectivity index (χ1) is 23.1. The molecule has 0 fully saturated rings. The molecule has 0 aromatic heterocycles. The number of hydrogen-bond donors (Lipinski definition) is 8. The number of cyclic esters (lactones) is 1. The van der Waals surface area contributed by atoms with Gasteiger partial charge in [-0.25, -0.2) is 9.59 Å². The topological polar surface area (TPSA) is 232 Å². The van der Waals surface area contributed by atoms with Gasteiger partial charge in [0.05, 0.1) is 6.04 Å². The van der Waals surface area contributed by atoms with Gasteiger partial charge in [-0.05, 0) is 47.2 Å². The van der Waals surface area contributed by atoms with Crippen molar-refractivity contribution in [1.29, 1.82) is 0 Å². The lowest BCUT2D eigenvalue weighted by Crippen LogP contribution is -2.57. The van der Waals surface area contributed by atoms with E-state index in [4.69, 9.17) is 4.74 Å². The lowest BCUT2D eigenvalue weighted by molar-refractivity contribution is -0.149. The molecule has 5 amide bonds. The number of phenols is 2. The number of rotatable bonds is 11. The van der Waals surface area contributed by atoms with Crippen LogP contribution in [0.15, 0.2) is 60.7 Å². The SMILES string of the molecule is CC(C)C(NC(=O)C(Cc1ccc(O)cc1)NC(=O)O)C(=O)N[C@@H]1/C=C/C(=O)N[C@@H](C(C)C)C(=O)N[C@@H](Cc2ccc(O)cc2)C(=O)OC1. The molecular weight excluding hydrogens is 638 g/mol. The maximum Gasteiger partial charge on any atom is 0.405 e. The maximum atomic E-state index is 13.5. The number of carboxylic acid groups (broad SMARTS) is 1. The largest absolute Gasteiger partial charge is 0.508 e. The number of nitrogens with one attached hydrogen (secondary N) is 5. The Kier molecular flexibility index (Phi) is 13.5. The van der Waals surface area contributed by atoms with Crippen LogP contribution in [-0.4, -0.2) is 87.8 Å². The molecule has 1 aliphatic rings. The van der Waals surface area contributed by atoms with Crippen molar-refractivity contribution in [2.75, 3.05) is 6.61 Å². The van der Waals surface area contributed by atoms with Crippen molar-refractivity contribution < 1.29 is 48.8 Å². The van der Waals surface area contributed by atoms with E-state index in [-0.39, 0.29) is 30.3 Å². The maximum absolute atomic E-state index is 13.5. The Hall–Kier alpha value is -5.60. The highest BCUT2D eigenvalue weighted by molar-refractivity contribution is 5.95. The minimum Gasteiger partial charge on any atom is -0.508 e. The van der Waals surface area contributed by atoms with E-state index in [1.165, 1.54) is 42.5 Å². The summed E-state index contributed by atoms with van der Waals surface area (Å²) in [5, 5.41) is 41.2. The molecule has 3 rings (SSSR count). The van der Waals surface area contributed by atoms with Gasteiger partial charge in [-0.3, -0.25) is 19.2 Å². The van der Waals surface area contributed by atoms with E-state index in [1.54, 1.807) is 39.8 Å². The van der Waals surface area contributed by atoms with Gasteiger partial charge in [0.15, 0.2) is 0 Å². The summed E-state index contributed by atoms with van der Waals surface area (Å²) in [5.41, 5.74) is 1.16. The monoisotopic (exact) mass is 681 g/mol. The van der Waals surface area contributed by atoms with E-state index in [2.05, 4.69) is 26.6 Å². The molecule has 0 aliphatic carbocycles. The van der Waals surface area contributed by atoms with Gasteiger partial charge in [-0.1, -0.05) is 58.0 Å². The van der Waals surface area contributed by atoms with Crippen molar-refractivity contribution >= 4 is 35.7 Å². The van der Waals surface area contributed by atoms with E-state index in [9.17, 15) is 44.1 Å². The molecule has 15 heteroatoms. The van der Waals surface area contributed by atoms with Crippen molar-refractivity contribution in [1.82, 2.24) is 26.6 Å². The third-order valence-corrected chi connectivity index (χ3v) is 7.67. The lowest BCUT2D eigenvalue weighted by Gasteiger charge is -2.28. The summed E-state index contributed by atoms with van der Waals surface area (Å²) < 4.78 is 5.51. The number of carbonyl (C=O) groups is 6. The van der Waals surface area contributed by atoms with Crippen LogP contribution in [0, 0.1) is 11.8 Å². The van der Waals surface area contributed by atoms with Gasteiger partial charge in [0.2, 0.25) is 23.6 Å². The molecule has 0 spiro atoms. The molecule has 2 aromatic rings. The standard InChI is InChI=1S/C34H43N5O10/c1-18(2)28-32(45)36-26(16-21-7-12-24(41)13-8-21)33(46)49-17-22(9-14-27(42)38-28)35-31(44)29(19(3)4)39-30(43)25(37-34(47)48)15-20-5-10-23(40)11-6-20/h5-14,18-19,22,25-26,28-29,37,40-41H,15-17H2,1-4H3,(H,35,44)(H,36,45)(H,38,42)(H,39,43)(H,47,48)/b14-9+/t22-,25?,26+,28+,29?/m1/s1. The number of aromatic hydroxyl groups is 2. The Morgan fingerprint density at radius 2 is 1.45 bits per heavy atom. The Balaban J connectivity index is 1.81. The van der Waals surface area contributed by atoms with E-state index < -0.39 is 78.4 Å². The van der Waals surface area contributed by atoms with Crippen LogP contribution >= 0.6 is 0 Å². The van der Waals surface area contributed by atoms with Crippen LogP contribution in [0.5, 0.6) is 11.5 Å². The zero-order chi connectivity index (χ0) is 36.2. The van der Waals surface area contributed by atoms with Crippen molar-refractivity contribution in [3.8, 4) is 11.5 Å². The predicted octanol–water partition coefficient (Wildman–Crippen LogP) is 0.883. The van der Waals surface area contributed by atoms with E-state index in [0.717, 1.165) is 6.08 Å². The molecule has 264 valence electrons. The minimum absolute atomic E-state index is 0.00577. The predicted molar refractivity (Wildman–Crippen MR) is 176 cm³/mol. The zero-order valence-corrected chi connectivity index (χ0v) is 27.6. The molecule has 8 N–H and O–H groups in total.